The van der Waals surface area contributed by atoms with E-state index in [9.17, 15) is 9.59 Å². The lowest BCUT2D eigenvalue weighted by atomic mass is 10.1. The zero-order valence-corrected chi connectivity index (χ0v) is 9.93. The normalized spacial score (nSPS) is 16.6. The summed E-state index contributed by atoms with van der Waals surface area (Å²) in [6.45, 7) is 2.10. The summed E-state index contributed by atoms with van der Waals surface area (Å²) in [5.41, 5.74) is 8.07. The fraction of sp³-hybridized carbons (Fsp3) is 0.333. The number of carbonyl (C=O) groups is 2. The first-order chi connectivity index (χ1) is 7.99. The topological polar surface area (TPSA) is 66.6 Å². The summed E-state index contributed by atoms with van der Waals surface area (Å²) < 4.78 is 0. The van der Waals surface area contributed by atoms with Crippen LogP contribution in [0.15, 0.2) is 18.2 Å². The van der Waals surface area contributed by atoms with E-state index < -0.39 is 0 Å². The molecule has 0 unspecified atom stereocenters. The van der Waals surface area contributed by atoms with Gasteiger partial charge in [-0.05, 0) is 24.6 Å². The van der Waals surface area contributed by atoms with Crippen LogP contribution in [-0.4, -0.2) is 36.9 Å². The third-order valence-corrected chi connectivity index (χ3v) is 2.97. The molecule has 5 heteroatoms. The minimum atomic E-state index is -0.0876. The van der Waals surface area contributed by atoms with E-state index >= 15 is 0 Å². The lowest BCUT2D eigenvalue weighted by molar-refractivity contribution is -0.136. The zero-order chi connectivity index (χ0) is 12.6. The van der Waals surface area contributed by atoms with Gasteiger partial charge in [0.2, 0.25) is 11.8 Å². The zero-order valence-electron chi connectivity index (χ0n) is 9.93. The highest BCUT2D eigenvalue weighted by Crippen LogP contribution is 2.22. The first-order valence-electron chi connectivity index (χ1n) is 5.39. The van der Waals surface area contributed by atoms with Crippen molar-refractivity contribution in [1.29, 1.82) is 0 Å². The summed E-state index contributed by atoms with van der Waals surface area (Å²) in [7, 11) is 1.63. The number of amides is 2. The number of nitrogen functional groups attached to an aromatic ring is 1. The summed E-state index contributed by atoms with van der Waals surface area (Å²) >= 11 is 0. The molecule has 1 aromatic rings. The Kier molecular flexibility index (Phi) is 2.75. The predicted molar refractivity (Wildman–Crippen MR) is 65.6 cm³/mol. The van der Waals surface area contributed by atoms with E-state index in [2.05, 4.69) is 0 Å². The van der Waals surface area contributed by atoms with E-state index in [1.807, 2.05) is 19.1 Å². The van der Waals surface area contributed by atoms with Crippen LogP contribution in [0.4, 0.5) is 11.4 Å². The fourth-order valence-corrected chi connectivity index (χ4v) is 1.75. The molecule has 0 bridgehead atoms. The first kappa shape index (κ1) is 11.4. The Balaban J connectivity index is 2.30. The number of benzene rings is 1. The Morgan fingerprint density at radius 2 is 1.88 bits per heavy atom. The van der Waals surface area contributed by atoms with E-state index in [1.165, 1.54) is 9.80 Å². The molecule has 2 N–H and O–H groups in total. The van der Waals surface area contributed by atoms with Gasteiger partial charge in [-0.3, -0.25) is 9.59 Å². The molecular weight excluding hydrogens is 218 g/mol. The molecular formula is C12H15N3O2. The maximum absolute atomic E-state index is 11.8. The van der Waals surface area contributed by atoms with Gasteiger partial charge in [-0.2, -0.15) is 0 Å². The summed E-state index contributed by atoms with van der Waals surface area (Å²) in [5.74, 6) is -0.154. The van der Waals surface area contributed by atoms with Crippen LogP contribution in [0.2, 0.25) is 0 Å². The van der Waals surface area contributed by atoms with Crippen molar-refractivity contribution in [2.75, 3.05) is 30.8 Å². The molecule has 2 rings (SSSR count). The van der Waals surface area contributed by atoms with Gasteiger partial charge in [-0.15, -0.1) is 0 Å². The quantitative estimate of drug-likeness (QED) is 0.713. The average molecular weight is 233 g/mol. The van der Waals surface area contributed by atoms with Crippen LogP contribution in [0.3, 0.4) is 0 Å². The first-order valence-corrected chi connectivity index (χ1v) is 5.39. The number of rotatable bonds is 1. The highest BCUT2D eigenvalue weighted by Gasteiger charge is 2.28. The van der Waals surface area contributed by atoms with Crippen LogP contribution >= 0.6 is 0 Å². The molecule has 5 nitrogen and oxygen atoms in total. The molecule has 1 heterocycles. The third kappa shape index (κ3) is 2.08. The molecule has 0 aliphatic carbocycles. The highest BCUT2D eigenvalue weighted by molar-refractivity contribution is 6.04. The standard InChI is InChI=1S/C12H15N3O2/c1-8-3-4-9(5-10(8)13)15-7-11(16)14(2)6-12(15)17/h3-5H,6-7,13H2,1-2H3. The molecule has 1 aliphatic heterocycles. The Morgan fingerprint density at radius 3 is 2.53 bits per heavy atom. The number of carbonyl (C=O) groups excluding carboxylic acids is 2. The molecule has 1 aromatic carbocycles. The van der Waals surface area contributed by atoms with Crippen molar-refractivity contribution in [1.82, 2.24) is 4.90 Å². The Hall–Kier alpha value is -2.04. The molecule has 1 aliphatic rings. The maximum atomic E-state index is 11.8. The van der Waals surface area contributed by atoms with E-state index in [0.717, 1.165) is 5.56 Å². The van der Waals surface area contributed by atoms with Gasteiger partial charge in [0.1, 0.15) is 6.54 Å². The highest BCUT2D eigenvalue weighted by atomic mass is 16.2. The lowest BCUT2D eigenvalue weighted by Gasteiger charge is -2.31. The van der Waals surface area contributed by atoms with Gasteiger partial charge in [-0.25, -0.2) is 0 Å². The number of likely N-dealkylation sites (N-methyl/N-ethyl adjacent to an activating group) is 1. The number of aryl methyl sites for hydroxylation is 1. The van der Waals surface area contributed by atoms with Crippen LogP contribution in [-0.2, 0) is 9.59 Å². The molecule has 0 radical (unpaired) electrons. The van der Waals surface area contributed by atoms with E-state index in [-0.39, 0.29) is 24.9 Å². The van der Waals surface area contributed by atoms with Crippen molar-refractivity contribution < 1.29 is 9.59 Å². The largest absolute Gasteiger partial charge is 0.398 e. The number of anilines is 2. The summed E-state index contributed by atoms with van der Waals surface area (Å²) in [5, 5.41) is 0. The number of nitrogens with two attached hydrogens (primary N) is 1. The van der Waals surface area contributed by atoms with Gasteiger partial charge in [0, 0.05) is 18.4 Å². The number of piperazine rings is 1. The molecule has 1 fully saturated rings. The lowest BCUT2D eigenvalue weighted by Crippen LogP contribution is -2.52. The number of hydrogen-bond acceptors (Lipinski definition) is 3. The van der Waals surface area contributed by atoms with Crippen LogP contribution in [0, 0.1) is 6.92 Å². The second-order valence-electron chi connectivity index (χ2n) is 4.27. The van der Waals surface area contributed by atoms with Crippen molar-refractivity contribution in [2.45, 2.75) is 6.92 Å². The van der Waals surface area contributed by atoms with E-state index in [4.69, 9.17) is 5.73 Å². The molecule has 17 heavy (non-hydrogen) atoms. The third-order valence-electron chi connectivity index (χ3n) is 2.97. The van der Waals surface area contributed by atoms with Gasteiger partial charge < -0.3 is 15.5 Å². The predicted octanol–water partition coefficient (Wildman–Crippen LogP) is 0.382. The minimum absolute atomic E-state index is 0.0660. The smallest absolute Gasteiger partial charge is 0.247 e. The van der Waals surface area contributed by atoms with Crippen LogP contribution < -0.4 is 10.6 Å². The fourth-order valence-electron chi connectivity index (χ4n) is 1.75. The molecule has 2 amide bonds. The SMILES string of the molecule is Cc1ccc(N2CC(=O)N(C)CC2=O)cc1N. The van der Waals surface area contributed by atoms with Crippen molar-refractivity contribution in [3.8, 4) is 0 Å². The Bertz CT molecular complexity index is 485. The second-order valence-corrected chi connectivity index (χ2v) is 4.27. The van der Waals surface area contributed by atoms with Crippen LogP contribution in [0.25, 0.3) is 0 Å². The molecule has 90 valence electrons. The van der Waals surface area contributed by atoms with Gasteiger partial charge in [0.15, 0.2) is 0 Å². The van der Waals surface area contributed by atoms with Gasteiger partial charge in [-0.1, -0.05) is 6.07 Å². The van der Waals surface area contributed by atoms with Crippen molar-refractivity contribution >= 4 is 23.2 Å². The van der Waals surface area contributed by atoms with Gasteiger partial charge in [0.25, 0.3) is 0 Å². The Morgan fingerprint density at radius 1 is 1.18 bits per heavy atom. The number of nitrogens with zero attached hydrogens (tertiary/aromatic N) is 2. The summed E-state index contributed by atoms with van der Waals surface area (Å²) in [6.07, 6.45) is 0. The van der Waals surface area contributed by atoms with E-state index in [1.54, 1.807) is 13.1 Å². The van der Waals surface area contributed by atoms with Crippen molar-refractivity contribution in [3.63, 3.8) is 0 Å². The molecule has 1 saturated heterocycles. The van der Waals surface area contributed by atoms with Crippen molar-refractivity contribution in [2.24, 2.45) is 0 Å². The second kappa shape index (κ2) is 4.08. The minimum Gasteiger partial charge on any atom is -0.398 e. The number of hydrogen-bond donors (Lipinski definition) is 1. The summed E-state index contributed by atoms with van der Waals surface area (Å²) in [6, 6.07) is 5.38. The Labute approximate surface area is 99.8 Å². The molecule has 0 atom stereocenters. The van der Waals surface area contributed by atoms with Gasteiger partial charge in [0.05, 0.1) is 6.54 Å². The summed E-state index contributed by atoms with van der Waals surface area (Å²) in [4.78, 5) is 26.3. The molecule has 0 spiro atoms. The van der Waals surface area contributed by atoms with Crippen LogP contribution in [0.5, 0.6) is 0 Å². The maximum Gasteiger partial charge on any atom is 0.247 e. The molecule has 0 saturated carbocycles. The van der Waals surface area contributed by atoms with Crippen molar-refractivity contribution in [3.05, 3.63) is 23.8 Å². The van der Waals surface area contributed by atoms with Crippen LogP contribution in [0.1, 0.15) is 5.56 Å². The average Bonchev–Trinajstić information content (AvgIpc) is 2.27. The van der Waals surface area contributed by atoms with Gasteiger partial charge >= 0.3 is 0 Å². The monoisotopic (exact) mass is 233 g/mol. The van der Waals surface area contributed by atoms with E-state index in [0.29, 0.717) is 11.4 Å². The molecule has 0 aromatic heterocycles.